The first-order valence-corrected chi connectivity index (χ1v) is 18.5. The number of Topliss-reactive ketones (excluding diaryl/α,β-unsaturated/α-hetero) is 1. The lowest BCUT2D eigenvalue weighted by molar-refractivity contribution is -0.136. The molecule has 2 N–H and O–H groups in total. The highest BCUT2D eigenvalue weighted by atomic mass is 16.2. The number of benzene rings is 1. The number of carbonyl (C=O) groups is 4. The second-order valence-corrected chi connectivity index (χ2v) is 14.3. The summed E-state index contributed by atoms with van der Waals surface area (Å²) in [5.41, 5.74) is 2.18. The molecule has 2 aliphatic rings. The standard InChI is InChI=1S/C35H48N4O4.C7H14/c1-6-7-18-32(35(43)36-25-31(40)20-19-27(2)3)37-34(42)30(23-28-14-10-8-11-15-28)24-33(41)39(5)22-21-38(4)26-29-16-12-9-13-17-29;1-7-5-3-2-4-6-7/h1,7-8,10-12,14-18,27,30,32H,9,13,19-26H2,2-5H3,(H,36,43)(H,37,42);7H,2-6H2,1H3/t30-,32?;/m1./s1. The quantitative estimate of drug-likeness (QED) is 0.177. The molecule has 0 bridgehead atoms. The Hall–Kier alpha value is -3.96. The molecule has 0 aromatic heterocycles. The monoisotopic (exact) mass is 686 g/mol. The van der Waals surface area contributed by atoms with Crippen molar-refractivity contribution in [2.45, 2.75) is 97.4 Å². The van der Waals surface area contributed by atoms with Crippen molar-refractivity contribution in [3.63, 3.8) is 0 Å². The number of hydrogen-bond acceptors (Lipinski definition) is 5. The van der Waals surface area contributed by atoms with Crippen LogP contribution in [0.3, 0.4) is 0 Å². The highest BCUT2D eigenvalue weighted by Gasteiger charge is 2.28. The average Bonchev–Trinajstić information content (AvgIpc) is 3.11. The molecule has 2 atom stereocenters. The molecule has 0 saturated heterocycles. The maximum absolute atomic E-state index is 13.6. The topological polar surface area (TPSA) is 98.8 Å². The Kier molecular flexibility index (Phi) is 20.5. The highest BCUT2D eigenvalue weighted by molar-refractivity contribution is 5.93. The molecule has 3 rings (SSSR count). The third-order valence-corrected chi connectivity index (χ3v) is 9.20. The minimum atomic E-state index is -1.08. The number of ketones is 1. The van der Waals surface area contributed by atoms with Gasteiger partial charge in [-0.1, -0.05) is 107 Å². The van der Waals surface area contributed by atoms with Crippen LogP contribution in [-0.4, -0.2) is 79.6 Å². The molecule has 1 aromatic rings. The minimum Gasteiger partial charge on any atom is -0.347 e. The Morgan fingerprint density at radius 1 is 1.00 bits per heavy atom. The molecular weight excluding hydrogens is 624 g/mol. The van der Waals surface area contributed by atoms with Crippen LogP contribution in [0.5, 0.6) is 0 Å². The van der Waals surface area contributed by atoms with Crippen molar-refractivity contribution in [2.24, 2.45) is 17.8 Å². The fraction of sp³-hybridized carbons (Fsp3) is 0.571. The molecule has 0 radical (unpaired) electrons. The van der Waals surface area contributed by atoms with Gasteiger partial charge in [-0.15, -0.1) is 6.42 Å². The van der Waals surface area contributed by atoms with Crippen molar-refractivity contribution >= 4 is 23.5 Å². The van der Waals surface area contributed by atoms with Gasteiger partial charge in [0.2, 0.25) is 17.7 Å². The first kappa shape index (κ1) is 42.2. The number of hydrogen-bond donors (Lipinski definition) is 2. The van der Waals surface area contributed by atoms with E-state index in [9.17, 15) is 19.2 Å². The van der Waals surface area contributed by atoms with Crippen LogP contribution in [0.15, 0.2) is 66.3 Å². The summed E-state index contributed by atoms with van der Waals surface area (Å²) in [5, 5.41) is 5.36. The molecular formula is C42H62N4O4. The summed E-state index contributed by atoms with van der Waals surface area (Å²) in [5.74, 6) is 1.83. The summed E-state index contributed by atoms with van der Waals surface area (Å²) in [6.07, 6.45) is 25.7. The highest BCUT2D eigenvalue weighted by Crippen LogP contribution is 2.22. The fourth-order valence-electron chi connectivity index (χ4n) is 5.91. The Labute approximate surface area is 302 Å². The molecule has 0 spiro atoms. The van der Waals surface area contributed by atoms with Crippen LogP contribution >= 0.6 is 0 Å². The predicted molar refractivity (Wildman–Crippen MR) is 204 cm³/mol. The van der Waals surface area contributed by atoms with Crippen LogP contribution in [0.1, 0.15) is 90.5 Å². The predicted octanol–water partition coefficient (Wildman–Crippen LogP) is 6.28. The number of nitrogens with one attached hydrogen (secondary N) is 2. The molecule has 0 heterocycles. The summed E-state index contributed by atoms with van der Waals surface area (Å²) in [6, 6.07) is 8.39. The van der Waals surface area contributed by atoms with Gasteiger partial charge in [0.1, 0.15) is 6.04 Å². The third-order valence-electron chi connectivity index (χ3n) is 9.20. The van der Waals surface area contributed by atoms with Gasteiger partial charge in [0, 0.05) is 39.5 Å². The Morgan fingerprint density at radius 2 is 1.72 bits per heavy atom. The number of carbonyl (C=O) groups excluding carboxylic acids is 4. The van der Waals surface area contributed by atoms with Crippen LogP contribution in [0, 0.1) is 30.1 Å². The summed E-state index contributed by atoms with van der Waals surface area (Å²) in [4.78, 5) is 55.8. The van der Waals surface area contributed by atoms with Crippen LogP contribution in [-0.2, 0) is 25.6 Å². The smallest absolute Gasteiger partial charge is 0.247 e. The van der Waals surface area contributed by atoms with Crippen LogP contribution in [0.25, 0.3) is 0 Å². The van der Waals surface area contributed by atoms with Crippen molar-refractivity contribution in [1.82, 2.24) is 20.4 Å². The number of likely N-dealkylation sites (N-methyl/N-ethyl adjacent to an activating group) is 2. The average molecular weight is 687 g/mol. The molecule has 50 heavy (non-hydrogen) atoms. The first-order chi connectivity index (χ1) is 24.0. The summed E-state index contributed by atoms with van der Waals surface area (Å²) < 4.78 is 0. The van der Waals surface area contributed by atoms with Gasteiger partial charge < -0.3 is 20.4 Å². The van der Waals surface area contributed by atoms with Crippen molar-refractivity contribution in [1.29, 1.82) is 0 Å². The molecule has 3 amide bonds. The zero-order chi connectivity index (χ0) is 36.7. The van der Waals surface area contributed by atoms with Gasteiger partial charge in [-0.3, -0.25) is 19.2 Å². The van der Waals surface area contributed by atoms with Crippen LogP contribution in [0.4, 0.5) is 0 Å². The summed E-state index contributed by atoms with van der Waals surface area (Å²) in [6.45, 7) is 8.33. The van der Waals surface area contributed by atoms with Gasteiger partial charge in [-0.2, -0.15) is 0 Å². The molecule has 8 heteroatoms. The van der Waals surface area contributed by atoms with Crippen molar-refractivity contribution in [3.05, 3.63) is 71.8 Å². The molecule has 1 unspecified atom stereocenters. The van der Waals surface area contributed by atoms with E-state index in [2.05, 4.69) is 46.6 Å². The zero-order valence-electron chi connectivity index (χ0n) is 31.3. The summed E-state index contributed by atoms with van der Waals surface area (Å²) in [7, 11) is 3.77. The van der Waals surface area contributed by atoms with E-state index in [1.165, 1.54) is 49.8 Å². The largest absolute Gasteiger partial charge is 0.347 e. The lowest BCUT2D eigenvalue weighted by Crippen LogP contribution is -2.49. The van der Waals surface area contributed by atoms with Crippen LogP contribution in [0.2, 0.25) is 0 Å². The normalized spacial score (nSPS) is 15.8. The molecule has 2 aliphatic carbocycles. The molecule has 274 valence electrons. The zero-order valence-corrected chi connectivity index (χ0v) is 31.3. The van der Waals surface area contributed by atoms with Gasteiger partial charge in [-0.05, 0) is 67.9 Å². The second-order valence-electron chi connectivity index (χ2n) is 14.3. The lowest BCUT2D eigenvalue weighted by atomic mass is 9.91. The number of amides is 3. The number of rotatable bonds is 18. The van der Waals surface area contributed by atoms with E-state index >= 15 is 0 Å². The van der Waals surface area contributed by atoms with Gasteiger partial charge in [0.25, 0.3) is 0 Å². The lowest BCUT2D eigenvalue weighted by Gasteiger charge is -2.25. The van der Waals surface area contributed by atoms with E-state index in [4.69, 9.17) is 6.42 Å². The molecule has 1 aromatic carbocycles. The van der Waals surface area contributed by atoms with Crippen LogP contribution < -0.4 is 10.6 Å². The Balaban J connectivity index is 0.00000110. The Morgan fingerprint density at radius 3 is 2.32 bits per heavy atom. The molecule has 8 nitrogen and oxygen atoms in total. The van der Waals surface area contributed by atoms with Gasteiger partial charge >= 0.3 is 0 Å². The maximum Gasteiger partial charge on any atom is 0.247 e. The Bertz CT molecular complexity index is 1320. The molecule has 1 fully saturated rings. The van der Waals surface area contributed by atoms with Gasteiger partial charge in [0.15, 0.2) is 5.78 Å². The number of terminal acetylenes is 1. The second kappa shape index (κ2) is 24.2. The number of nitrogens with zero attached hydrogens (tertiary/aromatic N) is 2. The molecule has 0 aliphatic heterocycles. The van der Waals surface area contributed by atoms with E-state index in [0.717, 1.165) is 37.3 Å². The fourth-order valence-corrected chi connectivity index (χ4v) is 5.91. The van der Waals surface area contributed by atoms with Crippen molar-refractivity contribution in [3.8, 4) is 12.3 Å². The number of allylic oxidation sites excluding steroid dienone is 3. The van der Waals surface area contributed by atoms with Crippen molar-refractivity contribution < 1.29 is 19.2 Å². The minimum absolute atomic E-state index is 0.0181. The first-order valence-electron chi connectivity index (χ1n) is 18.5. The SMILES string of the molecule is C#CC=CC(NC(=O)[C@@H](CC(=O)N(C)CCN(C)CC1=CCCC=C1)Cc1ccccc1)C(=O)NCC(=O)CCC(C)C.CC1CCCCC1. The molecule has 1 saturated carbocycles. The van der Waals surface area contributed by atoms with E-state index in [1.54, 1.807) is 11.9 Å². The van der Waals surface area contributed by atoms with E-state index in [1.807, 2.05) is 51.2 Å². The maximum atomic E-state index is 13.6. The van der Waals surface area contributed by atoms with E-state index in [-0.39, 0.29) is 24.7 Å². The summed E-state index contributed by atoms with van der Waals surface area (Å²) >= 11 is 0. The van der Waals surface area contributed by atoms with Gasteiger partial charge in [0.05, 0.1) is 12.5 Å². The van der Waals surface area contributed by atoms with Crippen molar-refractivity contribution in [2.75, 3.05) is 40.3 Å². The van der Waals surface area contributed by atoms with E-state index in [0.29, 0.717) is 31.8 Å². The third kappa shape index (κ3) is 18.2. The van der Waals surface area contributed by atoms with Gasteiger partial charge in [-0.25, -0.2) is 0 Å². The van der Waals surface area contributed by atoms with E-state index < -0.39 is 23.8 Å².